The van der Waals surface area contributed by atoms with E-state index in [0.717, 1.165) is 38.1 Å². The summed E-state index contributed by atoms with van der Waals surface area (Å²) in [4.78, 5) is 14.5. The first-order valence-electron chi connectivity index (χ1n) is 9.55. The van der Waals surface area contributed by atoms with Crippen LogP contribution in [0.4, 0.5) is 13.2 Å². The second kappa shape index (κ2) is 8.34. The Morgan fingerprint density at radius 1 is 1.39 bits per heavy atom. The van der Waals surface area contributed by atoms with Gasteiger partial charge in [-0.25, -0.2) is 0 Å². The van der Waals surface area contributed by atoms with Gasteiger partial charge in [-0.15, -0.1) is 0 Å². The third-order valence-electron chi connectivity index (χ3n) is 5.24. The Hall–Kier alpha value is -2.35. The average Bonchev–Trinajstić information content (AvgIpc) is 3.19. The van der Waals surface area contributed by atoms with Crippen molar-refractivity contribution in [2.45, 2.75) is 44.9 Å². The fourth-order valence-electron chi connectivity index (χ4n) is 3.61. The van der Waals surface area contributed by atoms with E-state index in [0.29, 0.717) is 17.8 Å². The van der Waals surface area contributed by atoms with Crippen LogP contribution in [0.15, 0.2) is 36.5 Å². The average molecular weight is 394 g/mol. The number of nitrogens with zero attached hydrogens (tertiary/aromatic N) is 3. The second-order valence-corrected chi connectivity index (χ2v) is 7.07. The Kier molecular flexibility index (Phi) is 6.07. The Balaban J connectivity index is 1.79. The van der Waals surface area contributed by atoms with Crippen LogP contribution in [0.25, 0.3) is 0 Å². The van der Waals surface area contributed by atoms with Gasteiger partial charge >= 0.3 is 6.18 Å². The van der Waals surface area contributed by atoms with E-state index in [2.05, 4.69) is 10.4 Å². The summed E-state index contributed by atoms with van der Waals surface area (Å²) in [5.41, 5.74) is 0.0432. The molecular formula is C20H25F3N4O. The molecule has 1 saturated heterocycles. The van der Waals surface area contributed by atoms with E-state index in [-0.39, 0.29) is 11.9 Å². The van der Waals surface area contributed by atoms with Crippen molar-refractivity contribution in [3.8, 4) is 0 Å². The molecule has 152 valence electrons. The highest BCUT2D eigenvalue weighted by molar-refractivity contribution is 5.92. The van der Waals surface area contributed by atoms with Crippen LogP contribution < -0.4 is 5.32 Å². The Labute approximate surface area is 162 Å². The molecule has 0 saturated carbocycles. The molecule has 2 unspecified atom stereocenters. The Morgan fingerprint density at radius 2 is 2.18 bits per heavy atom. The highest BCUT2D eigenvalue weighted by atomic mass is 19.4. The molecule has 2 atom stereocenters. The predicted octanol–water partition coefficient (Wildman–Crippen LogP) is 4.05. The molecule has 1 aliphatic rings. The summed E-state index contributed by atoms with van der Waals surface area (Å²) in [5.74, 6) is -0.282. The molecule has 2 aromatic rings. The molecule has 1 aliphatic heterocycles. The predicted molar refractivity (Wildman–Crippen MR) is 99.9 cm³/mol. The van der Waals surface area contributed by atoms with Crippen molar-refractivity contribution in [3.63, 3.8) is 0 Å². The van der Waals surface area contributed by atoms with E-state index in [4.69, 9.17) is 0 Å². The molecule has 1 fully saturated rings. The second-order valence-electron chi connectivity index (χ2n) is 7.07. The van der Waals surface area contributed by atoms with Crippen molar-refractivity contribution >= 4 is 5.91 Å². The molecule has 1 aromatic heterocycles. The number of rotatable bonds is 5. The maximum absolute atomic E-state index is 13.0. The van der Waals surface area contributed by atoms with E-state index in [1.54, 1.807) is 30.2 Å². The normalized spacial score (nSPS) is 18.7. The first-order chi connectivity index (χ1) is 13.3. The zero-order valence-corrected chi connectivity index (χ0v) is 16.0. The maximum atomic E-state index is 13.0. The maximum Gasteiger partial charge on any atom is 0.416 e. The summed E-state index contributed by atoms with van der Waals surface area (Å²) in [5, 5.41) is 7.76. The van der Waals surface area contributed by atoms with Crippen molar-refractivity contribution < 1.29 is 18.0 Å². The highest BCUT2D eigenvalue weighted by Gasteiger charge is 2.32. The number of halogens is 3. The number of carbonyl (C=O) groups is 1. The number of carbonyl (C=O) groups excluding carboxylic acids is 1. The number of nitrogens with one attached hydrogen (secondary N) is 1. The molecule has 0 bridgehead atoms. The van der Waals surface area contributed by atoms with Gasteiger partial charge in [0, 0.05) is 19.3 Å². The zero-order chi connectivity index (χ0) is 20.3. The summed E-state index contributed by atoms with van der Waals surface area (Å²) >= 11 is 0. The van der Waals surface area contributed by atoms with Crippen molar-refractivity contribution in [2.75, 3.05) is 19.6 Å². The van der Waals surface area contributed by atoms with Crippen LogP contribution >= 0.6 is 0 Å². The molecule has 2 heterocycles. The minimum atomic E-state index is -4.41. The molecule has 1 aromatic carbocycles. The molecule has 0 radical (unpaired) electrons. The van der Waals surface area contributed by atoms with Crippen LogP contribution in [-0.2, 0) is 6.18 Å². The van der Waals surface area contributed by atoms with Crippen LogP contribution in [0.1, 0.15) is 60.4 Å². The van der Waals surface area contributed by atoms with Crippen molar-refractivity contribution in [2.24, 2.45) is 0 Å². The summed E-state index contributed by atoms with van der Waals surface area (Å²) in [6.07, 6.45) is -0.556. The number of piperidine rings is 1. The molecule has 8 heteroatoms. The molecule has 1 N–H and O–H groups in total. The van der Waals surface area contributed by atoms with Gasteiger partial charge in [0.05, 0.1) is 17.6 Å². The number of hydrogen-bond acceptors (Lipinski definition) is 3. The highest BCUT2D eigenvalue weighted by Crippen LogP contribution is 2.32. The van der Waals surface area contributed by atoms with Crippen molar-refractivity contribution in [3.05, 3.63) is 53.3 Å². The van der Waals surface area contributed by atoms with Gasteiger partial charge in [-0.3, -0.25) is 9.48 Å². The minimum Gasteiger partial charge on any atom is -0.331 e. The number of alkyl halides is 3. The van der Waals surface area contributed by atoms with Crippen molar-refractivity contribution in [1.82, 2.24) is 20.0 Å². The fourth-order valence-corrected chi connectivity index (χ4v) is 3.61. The summed E-state index contributed by atoms with van der Waals surface area (Å²) in [7, 11) is 0. The third kappa shape index (κ3) is 4.38. The van der Waals surface area contributed by atoms with Gasteiger partial charge in [-0.05, 0) is 57.0 Å². The number of hydrogen-bond donors (Lipinski definition) is 1. The minimum absolute atomic E-state index is 0.214. The SMILES string of the molecule is CCN(C(=O)c1ccn(C2CCCNC2)n1)C(C)c1cccc(C(F)(F)F)c1. The number of amides is 1. The molecule has 0 aliphatic carbocycles. The van der Waals surface area contributed by atoms with E-state index < -0.39 is 17.8 Å². The van der Waals surface area contributed by atoms with Gasteiger partial charge < -0.3 is 10.2 Å². The lowest BCUT2D eigenvalue weighted by Gasteiger charge is -2.28. The molecule has 3 rings (SSSR count). The van der Waals surface area contributed by atoms with Crippen LogP contribution in [0.2, 0.25) is 0 Å². The van der Waals surface area contributed by atoms with Crippen LogP contribution in [0.3, 0.4) is 0 Å². The van der Waals surface area contributed by atoms with E-state index >= 15 is 0 Å². The molecule has 0 spiro atoms. The summed E-state index contributed by atoms with van der Waals surface area (Å²) in [6, 6.07) is 6.52. The van der Waals surface area contributed by atoms with Gasteiger partial charge in [0.15, 0.2) is 0 Å². The first kappa shape index (κ1) is 20.4. The molecule has 1 amide bonds. The monoisotopic (exact) mass is 394 g/mol. The quantitative estimate of drug-likeness (QED) is 0.832. The topological polar surface area (TPSA) is 50.2 Å². The molecule has 28 heavy (non-hydrogen) atoms. The summed E-state index contributed by atoms with van der Waals surface area (Å²) in [6.45, 7) is 5.71. The van der Waals surface area contributed by atoms with E-state index in [9.17, 15) is 18.0 Å². The largest absolute Gasteiger partial charge is 0.416 e. The van der Waals surface area contributed by atoms with Crippen LogP contribution in [-0.4, -0.2) is 40.2 Å². The molecular weight excluding hydrogens is 369 g/mol. The lowest BCUT2D eigenvalue weighted by Crippen LogP contribution is -2.34. The van der Waals surface area contributed by atoms with Gasteiger partial charge in [0.2, 0.25) is 0 Å². The van der Waals surface area contributed by atoms with E-state index in [1.165, 1.54) is 6.07 Å². The van der Waals surface area contributed by atoms with Gasteiger partial charge in [0.1, 0.15) is 5.69 Å². The molecule has 5 nitrogen and oxygen atoms in total. The summed E-state index contributed by atoms with van der Waals surface area (Å²) < 4.78 is 40.9. The lowest BCUT2D eigenvalue weighted by molar-refractivity contribution is -0.137. The lowest BCUT2D eigenvalue weighted by atomic mass is 10.0. The number of benzene rings is 1. The standard InChI is InChI=1S/C20H25F3N4O/c1-3-26(14(2)15-6-4-7-16(12-15)20(21,22)23)19(28)18-9-11-27(25-18)17-8-5-10-24-13-17/h4,6-7,9,11-12,14,17,24H,3,5,8,10,13H2,1-2H3. The zero-order valence-electron chi connectivity index (χ0n) is 16.0. The van der Waals surface area contributed by atoms with Crippen LogP contribution in [0.5, 0.6) is 0 Å². The van der Waals surface area contributed by atoms with Gasteiger partial charge in [0.25, 0.3) is 5.91 Å². The third-order valence-corrected chi connectivity index (χ3v) is 5.24. The van der Waals surface area contributed by atoms with Crippen molar-refractivity contribution in [1.29, 1.82) is 0 Å². The Bertz CT molecular complexity index is 812. The fraction of sp³-hybridized carbons (Fsp3) is 0.500. The Morgan fingerprint density at radius 3 is 2.82 bits per heavy atom. The smallest absolute Gasteiger partial charge is 0.331 e. The first-order valence-corrected chi connectivity index (χ1v) is 9.55. The van der Waals surface area contributed by atoms with Gasteiger partial charge in [-0.2, -0.15) is 18.3 Å². The van der Waals surface area contributed by atoms with Crippen LogP contribution in [0, 0.1) is 0 Å². The van der Waals surface area contributed by atoms with Gasteiger partial charge in [-0.1, -0.05) is 12.1 Å². The number of aromatic nitrogens is 2. The van der Waals surface area contributed by atoms with E-state index in [1.807, 2.05) is 11.6 Å².